The first kappa shape index (κ1) is 22.5. The average molecular weight is 414 g/mol. The third kappa shape index (κ3) is 5.60. The summed E-state index contributed by atoms with van der Waals surface area (Å²) in [5.41, 5.74) is 1.75. The van der Waals surface area contributed by atoms with Gasteiger partial charge in [-0.1, -0.05) is 30.3 Å². The van der Waals surface area contributed by atoms with Crippen LogP contribution in [0.5, 0.6) is 0 Å². The Kier molecular flexibility index (Phi) is 8.41. The van der Waals surface area contributed by atoms with E-state index in [1.165, 1.54) is 31.2 Å². The van der Waals surface area contributed by atoms with E-state index in [0.29, 0.717) is 23.2 Å². The minimum atomic E-state index is 0. The van der Waals surface area contributed by atoms with Crippen molar-refractivity contribution in [3.63, 3.8) is 0 Å². The number of carbonyl (C=O) groups is 1. The predicted octanol–water partition coefficient (Wildman–Crippen LogP) is 3.25. The van der Waals surface area contributed by atoms with Crippen molar-refractivity contribution in [3.8, 4) is 0 Å². The molecule has 4 rings (SSSR count). The Balaban J connectivity index is 0.00000131. The van der Waals surface area contributed by atoms with Crippen molar-refractivity contribution in [2.75, 3.05) is 32.7 Å². The molecule has 0 bridgehead atoms. The summed E-state index contributed by atoms with van der Waals surface area (Å²) in [6, 6.07) is 10.7. The fourth-order valence-corrected chi connectivity index (χ4v) is 4.75. The van der Waals surface area contributed by atoms with E-state index in [4.69, 9.17) is 0 Å². The van der Waals surface area contributed by atoms with Crippen molar-refractivity contribution < 1.29 is 4.79 Å². The lowest BCUT2D eigenvalue weighted by atomic mass is 9.91. The largest absolute Gasteiger partial charge is 0.356 e. The third-order valence-electron chi connectivity index (χ3n) is 6.63. The molecule has 152 valence electrons. The van der Waals surface area contributed by atoms with E-state index in [2.05, 4.69) is 45.9 Å². The molecule has 1 aromatic carbocycles. The van der Waals surface area contributed by atoms with Crippen LogP contribution < -0.4 is 10.6 Å². The molecule has 1 amide bonds. The Morgan fingerprint density at radius 2 is 1.78 bits per heavy atom. The molecule has 1 atom stereocenters. The lowest BCUT2D eigenvalue weighted by molar-refractivity contribution is -0.123. The van der Waals surface area contributed by atoms with Gasteiger partial charge in [0.05, 0.1) is 0 Å². The Hall–Kier alpha value is -0.810. The zero-order valence-electron chi connectivity index (χ0n) is 16.0. The molecule has 2 saturated heterocycles. The molecule has 3 fully saturated rings. The topological polar surface area (TPSA) is 44.4 Å². The number of amides is 1. The number of likely N-dealkylation sites (tertiary alicyclic amines) is 1. The van der Waals surface area contributed by atoms with Crippen LogP contribution in [0.1, 0.15) is 37.7 Å². The molecule has 4 nitrogen and oxygen atoms in total. The third-order valence-corrected chi connectivity index (χ3v) is 6.63. The van der Waals surface area contributed by atoms with Crippen molar-refractivity contribution in [1.29, 1.82) is 0 Å². The number of piperidine rings is 2. The fourth-order valence-electron chi connectivity index (χ4n) is 4.75. The van der Waals surface area contributed by atoms with Gasteiger partial charge in [-0.2, -0.15) is 0 Å². The number of rotatable bonds is 5. The normalized spacial score (nSPS) is 24.5. The molecule has 2 heterocycles. The van der Waals surface area contributed by atoms with Gasteiger partial charge in [-0.25, -0.2) is 0 Å². The highest BCUT2D eigenvalue weighted by Gasteiger charge is 2.57. The Bertz CT molecular complexity index is 584. The van der Waals surface area contributed by atoms with Gasteiger partial charge >= 0.3 is 0 Å². The summed E-state index contributed by atoms with van der Waals surface area (Å²) in [5, 5.41) is 6.68. The standard InChI is InChI=1S/C21H31N3O.2ClH/c25-20(19-14-21(19)8-10-22-11-9-21)23-15-17-6-12-24(13-7-17)16-18-4-2-1-3-5-18;;/h1-5,17,19,22H,6-16H2,(H,23,25);2*1H. The summed E-state index contributed by atoms with van der Waals surface area (Å²) in [6.45, 7) is 6.40. The van der Waals surface area contributed by atoms with Crippen molar-refractivity contribution in [2.45, 2.75) is 38.6 Å². The maximum atomic E-state index is 12.5. The molecule has 1 aromatic rings. The molecule has 1 saturated carbocycles. The van der Waals surface area contributed by atoms with Crippen LogP contribution in [-0.2, 0) is 11.3 Å². The molecule has 6 heteroatoms. The Labute approximate surface area is 175 Å². The molecule has 27 heavy (non-hydrogen) atoms. The quantitative estimate of drug-likeness (QED) is 0.778. The summed E-state index contributed by atoms with van der Waals surface area (Å²) < 4.78 is 0. The lowest BCUT2D eigenvalue weighted by Gasteiger charge is -2.32. The van der Waals surface area contributed by atoms with E-state index in [9.17, 15) is 4.79 Å². The first-order valence-corrected chi connectivity index (χ1v) is 10.00. The van der Waals surface area contributed by atoms with Crippen LogP contribution >= 0.6 is 24.8 Å². The molecule has 2 N–H and O–H groups in total. The van der Waals surface area contributed by atoms with Gasteiger partial charge in [0.25, 0.3) is 0 Å². The van der Waals surface area contributed by atoms with Crippen LogP contribution in [-0.4, -0.2) is 43.5 Å². The van der Waals surface area contributed by atoms with E-state index < -0.39 is 0 Å². The maximum absolute atomic E-state index is 12.5. The Morgan fingerprint density at radius 1 is 1.11 bits per heavy atom. The van der Waals surface area contributed by atoms with Crippen LogP contribution in [0.3, 0.4) is 0 Å². The second-order valence-electron chi connectivity index (χ2n) is 8.32. The number of halogens is 2. The van der Waals surface area contributed by atoms with E-state index in [1.807, 2.05) is 0 Å². The minimum absolute atomic E-state index is 0. The zero-order chi connectivity index (χ0) is 17.1. The average Bonchev–Trinajstić information content (AvgIpc) is 3.35. The smallest absolute Gasteiger partial charge is 0.223 e. The first-order valence-electron chi connectivity index (χ1n) is 10.00. The zero-order valence-corrected chi connectivity index (χ0v) is 17.6. The van der Waals surface area contributed by atoms with Gasteiger partial charge in [0.2, 0.25) is 5.91 Å². The van der Waals surface area contributed by atoms with Crippen LogP contribution in [0.4, 0.5) is 0 Å². The fraction of sp³-hybridized carbons (Fsp3) is 0.667. The predicted molar refractivity (Wildman–Crippen MR) is 115 cm³/mol. The molecular weight excluding hydrogens is 381 g/mol. The van der Waals surface area contributed by atoms with Crippen molar-refractivity contribution in [3.05, 3.63) is 35.9 Å². The van der Waals surface area contributed by atoms with Crippen LogP contribution in [0, 0.1) is 17.3 Å². The van der Waals surface area contributed by atoms with E-state index in [-0.39, 0.29) is 24.8 Å². The van der Waals surface area contributed by atoms with Gasteiger partial charge in [0, 0.05) is 19.0 Å². The maximum Gasteiger partial charge on any atom is 0.223 e. The molecule has 0 aromatic heterocycles. The lowest BCUT2D eigenvalue weighted by Crippen LogP contribution is -2.39. The van der Waals surface area contributed by atoms with Crippen molar-refractivity contribution in [1.82, 2.24) is 15.5 Å². The Morgan fingerprint density at radius 3 is 2.44 bits per heavy atom. The molecule has 1 aliphatic carbocycles. The highest BCUT2D eigenvalue weighted by molar-refractivity contribution is 5.85. The van der Waals surface area contributed by atoms with Crippen LogP contribution in [0.2, 0.25) is 0 Å². The summed E-state index contributed by atoms with van der Waals surface area (Å²) in [7, 11) is 0. The molecular formula is C21H33Cl2N3O. The van der Waals surface area contributed by atoms with Gasteiger partial charge in [-0.15, -0.1) is 24.8 Å². The van der Waals surface area contributed by atoms with Crippen molar-refractivity contribution >= 4 is 30.7 Å². The van der Waals surface area contributed by atoms with Crippen molar-refractivity contribution in [2.24, 2.45) is 17.3 Å². The first-order chi connectivity index (χ1) is 12.3. The minimum Gasteiger partial charge on any atom is -0.356 e. The van der Waals surface area contributed by atoms with Gasteiger partial charge in [-0.3, -0.25) is 9.69 Å². The summed E-state index contributed by atoms with van der Waals surface area (Å²) in [6.07, 6.45) is 5.89. The number of carbonyl (C=O) groups excluding carboxylic acids is 1. The molecule has 2 aliphatic heterocycles. The summed E-state index contributed by atoms with van der Waals surface area (Å²) in [4.78, 5) is 15.0. The summed E-state index contributed by atoms with van der Waals surface area (Å²) >= 11 is 0. The van der Waals surface area contributed by atoms with Gasteiger partial charge in [0.15, 0.2) is 0 Å². The molecule has 0 radical (unpaired) electrons. The van der Waals surface area contributed by atoms with E-state index in [0.717, 1.165) is 45.7 Å². The highest BCUT2D eigenvalue weighted by Crippen LogP contribution is 2.58. The summed E-state index contributed by atoms with van der Waals surface area (Å²) in [5.74, 6) is 1.28. The van der Waals surface area contributed by atoms with Gasteiger partial charge in [-0.05, 0) is 75.2 Å². The van der Waals surface area contributed by atoms with E-state index >= 15 is 0 Å². The second-order valence-corrected chi connectivity index (χ2v) is 8.32. The van der Waals surface area contributed by atoms with E-state index in [1.54, 1.807) is 0 Å². The SMILES string of the molecule is Cl.Cl.O=C(NCC1CCN(Cc2ccccc2)CC1)C1CC12CCNCC2. The highest BCUT2D eigenvalue weighted by atomic mass is 35.5. The van der Waals surface area contributed by atoms with Gasteiger partial charge < -0.3 is 10.6 Å². The molecule has 1 unspecified atom stereocenters. The van der Waals surface area contributed by atoms with Crippen LogP contribution in [0.25, 0.3) is 0 Å². The number of nitrogens with zero attached hydrogens (tertiary/aromatic N) is 1. The number of nitrogens with one attached hydrogen (secondary N) is 2. The molecule has 1 spiro atoms. The molecule has 3 aliphatic rings. The number of benzene rings is 1. The van der Waals surface area contributed by atoms with Crippen LogP contribution in [0.15, 0.2) is 30.3 Å². The second kappa shape index (κ2) is 10.1. The monoisotopic (exact) mass is 413 g/mol. The van der Waals surface area contributed by atoms with Gasteiger partial charge in [0.1, 0.15) is 0 Å². The number of hydrogen-bond donors (Lipinski definition) is 2. The number of hydrogen-bond acceptors (Lipinski definition) is 3.